The number of carbonyl (C=O) groups excluding carboxylic acids is 1. The van der Waals surface area contributed by atoms with Crippen LogP contribution in [0.4, 0.5) is 5.69 Å². The molecule has 2 atom stereocenters. The van der Waals surface area contributed by atoms with Crippen LogP contribution in [0, 0.1) is 6.92 Å². The summed E-state index contributed by atoms with van der Waals surface area (Å²) in [6, 6.07) is 28.5. The number of likely N-dealkylation sites (tertiary alicyclic amines) is 1. The van der Waals surface area contributed by atoms with Crippen LogP contribution in [-0.2, 0) is 9.63 Å². The van der Waals surface area contributed by atoms with Crippen LogP contribution in [0.15, 0.2) is 101 Å². The van der Waals surface area contributed by atoms with Gasteiger partial charge in [-0.1, -0.05) is 83.5 Å². The molecule has 3 aromatic carbocycles. The predicted octanol–water partition coefficient (Wildman–Crippen LogP) is 5.91. The number of hydrogen-bond donors (Lipinski definition) is 1. The molecule has 194 valence electrons. The summed E-state index contributed by atoms with van der Waals surface area (Å²) < 4.78 is 0. The number of oxime groups is 1. The molecule has 3 heterocycles. The van der Waals surface area contributed by atoms with E-state index in [1.165, 1.54) is 12.0 Å². The van der Waals surface area contributed by atoms with Crippen LogP contribution >= 0.6 is 0 Å². The smallest absolute Gasteiger partial charge is 0.263 e. The van der Waals surface area contributed by atoms with E-state index in [-0.39, 0.29) is 12.1 Å². The molecule has 6 nitrogen and oxygen atoms in total. The van der Waals surface area contributed by atoms with Gasteiger partial charge in [0.1, 0.15) is 17.6 Å². The molecule has 1 amide bonds. The molecule has 0 radical (unpaired) electrons. The van der Waals surface area contributed by atoms with E-state index in [0.717, 1.165) is 60.7 Å². The first-order chi connectivity index (χ1) is 18.7. The maximum atomic E-state index is 14.5. The quantitative estimate of drug-likeness (QED) is 0.467. The van der Waals surface area contributed by atoms with E-state index in [4.69, 9.17) is 4.84 Å². The minimum atomic E-state index is -0.413. The molecule has 1 fully saturated rings. The van der Waals surface area contributed by atoms with Crippen LogP contribution in [0.2, 0.25) is 0 Å². The molecule has 0 saturated carbocycles. The van der Waals surface area contributed by atoms with Crippen LogP contribution in [0.1, 0.15) is 55.0 Å². The third-order valence-electron chi connectivity index (χ3n) is 7.70. The van der Waals surface area contributed by atoms with Crippen molar-refractivity contribution in [2.24, 2.45) is 5.16 Å². The summed E-state index contributed by atoms with van der Waals surface area (Å²) in [5.74, 6) is 0.873. The van der Waals surface area contributed by atoms with Crippen molar-refractivity contribution >= 4 is 17.3 Å². The molecular weight excluding hydrogens is 472 g/mol. The highest BCUT2D eigenvalue weighted by atomic mass is 16.6. The fourth-order valence-electron chi connectivity index (χ4n) is 5.65. The number of rotatable bonds is 5. The molecule has 6 heteroatoms. The Labute approximate surface area is 224 Å². The summed E-state index contributed by atoms with van der Waals surface area (Å²) in [5, 5.41) is 8.34. The zero-order valence-electron chi connectivity index (χ0n) is 21.8. The van der Waals surface area contributed by atoms with Crippen LogP contribution < -0.4 is 10.2 Å². The number of para-hydroxylation sites is 1. The molecule has 1 N–H and O–H groups in total. The van der Waals surface area contributed by atoms with Crippen molar-refractivity contribution in [3.05, 3.63) is 113 Å². The van der Waals surface area contributed by atoms with Gasteiger partial charge in [0.15, 0.2) is 6.10 Å². The van der Waals surface area contributed by atoms with Crippen molar-refractivity contribution in [3.63, 3.8) is 0 Å². The summed E-state index contributed by atoms with van der Waals surface area (Å²) in [4.78, 5) is 24.9. The SMILES string of the molecule is Cc1ccc(C2=NOC(C3=C(N4CCCCC4)NC(c4ccccc4)N(c4ccccc4)C3=O)CC2)cc1. The Morgan fingerprint density at radius 1 is 0.868 bits per heavy atom. The van der Waals surface area contributed by atoms with E-state index in [2.05, 4.69) is 58.7 Å². The molecule has 3 aliphatic rings. The number of nitrogens with one attached hydrogen (secondary N) is 1. The van der Waals surface area contributed by atoms with E-state index >= 15 is 0 Å². The Hall–Kier alpha value is -4.06. The van der Waals surface area contributed by atoms with Crippen LogP contribution in [0.5, 0.6) is 0 Å². The maximum absolute atomic E-state index is 14.5. The van der Waals surface area contributed by atoms with E-state index in [0.29, 0.717) is 12.0 Å². The first-order valence-corrected chi connectivity index (χ1v) is 13.7. The fraction of sp³-hybridized carbons (Fsp3) is 0.312. The van der Waals surface area contributed by atoms with Crippen molar-refractivity contribution in [1.29, 1.82) is 0 Å². The van der Waals surface area contributed by atoms with Gasteiger partial charge >= 0.3 is 0 Å². The van der Waals surface area contributed by atoms with E-state index in [1.54, 1.807) is 0 Å². The van der Waals surface area contributed by atoms with Crippen molar-refractivity contribution in [2.75, 3.05) is 18.0 Å². The molecule has 1 saturated heterocycles. The summed E-state index contributed by atoms with van der Waals surface area (Å²) in [7, 11) is 0. The lowest BCUT2D eigenvalue weighted by atomic mass is 9.94. The molecule has 0 aromatic heterocycles. The van der Waals surface area contributed by atoms with Gasteiger partial charge in [0, 0.05) is 18.8 Å². The van der Waals surface area contributed by atoms with Crippen molar-refractivity contribution < 1.29 is 9.63 Å². The van der Waals surface area contributed by atoms with Gasteiger partial charge in [-0.15, -0.1) is 0 Å². The Morgan fingerprint density at radius 3 is 2.21 bits per heavy atom. The van der Waals surface area contributed by atoms with Gasteiger partial charge in [-0.3, -0.25) is 9.69 Å². The molecule has 0 aliphatic carbocycles. The Kier molecular flexibility index (Phi) is 6.86. The minimum absolute atomic E-state index is 0.0247. The molecule has 2 unspecified atom stereocenters. The standard InChI is InChI=1S/C32H34N4O2/c1-23-15-17-24(18-16-23)27-19-20-28(38-34-27)29-31(35-21-9-4-10-22-35)33-30(25-11-5-2-6-12-25)36(32(29)37)26-13-7-3-8-14-26/h2-3,5-8,11-18,28,30,33H,4,9-10,19-22H2,1H3. The second kappa shape index (κ2) is 10.7. The van der Waals surface area contributed by atoms with Crippen molar-refractivity contribution in [2.45, 2.75) is 51.3 Å². The van der Waals surface area contributed by atoms with Gasteiger partial charge in [-0.2, -0.15) is 0 Å². The maximum Gasteiger partial charge on any atom is 0.263 e. The normalized spacial score (nSPS) is 22.0. The number of aryl methyl sites for hydroxylation is 1. The summed E-state index contributed by atoms with van der Waals surface area (Å²) >= 11 is 0. The van der Waals surface area contributed by atoms with Crippen molar-refractivity contribution in [3.8, 4) is 0 Å². The lowest BCUT2D eigenvalue weighted by Gasteiger charge is -2.44. The van der Waals surface area contributed by atoms with Gasteiger partial charge in [0.25, 0.3) is 5.91 Å². The summed E-state index contributed by atoms with van der Waals surface area (Å²) in [6.07, 6.45) is 4.18. The van der Waals surface area contributed by atoms with Gasteiger partial charge in [-0.05, 0) is 62.3 Å². The number of nitrogens with zero attached hydrogens (tertiary/aromatic N) is 3. The van der Waals surface area contributed by atoms with E-state index in [9.17, 15) is 4.79 Å². The van der Waals surface area contributed by atoms with Crippen molar-refractivity contribution in [1.82, 2.24) is 10.2 Å². The Balaban J connectivity index is 1.41. The first-order valence-electron chi connectivity index (χ1n) is 13.7. The predicted molar refractivity (Wildman–Crippen MR) is 151 cm³/mol. The van der Waals surface area contributed by atoms with Crippen LogP contribution in [0.25, 0.3) is 0 Å². The lowest BCUT2D eigenvalue weighted by Crippen LogP contribution is -2.54. The molecule has 6 rings (SSSR count). The molecular formula is C32H34N4O2. The molecule has 3 aliphatic heterocycles. The number of anilines is 1. The molecule has 38 heavy (non-hydrogen) atoms. The van der Waals surface area contributed by atoms with Gasteiger partial charge in [0.05, 0.1) is 5.71 Å². The first kappa shape index (κ1) is 24.3. The monoisotopic (exact) mass is 506 g/mol. The van der Waals surface area contributed by atoms with Gasteiger partial charge in [-0.25, -0.2) is 0 Å². The summed E-state index contributed by atoms with van der Waals surface area (Å²) in [5.41, 5.74) is 5.79. The highest BCUT2D eigenvalue weighted by molar-refractivity contribution is 6.08. The highest BCUT2D eigenvalue weighted by Crippen LogP contribution is 2.37. The van der Waals surface area contributed by atoms with E-state index < -0.39 is 6.10 Å². The number of hydrogen-bond acceptors (Lipinski definition) is 5. The third-order valence-corrected chi connectivity index (χ3v) is 7.70. The number of benzene rings is 3. The average molecular weight is 507 g/mol. The molecule has 0 spiro atoms. The second-order valence-electron chi connectivity index (χ2n) is 10.3. The van der Waals surface area contributed by atoms with Gasteiger partial charge < -0.3 is 15.1 Å². The zero-order chi connectivity index (χ0) is 25.9. The van der Waals surface area contributed by atoms with Crippen LogP contribution in [0.3, 0.4) is 0 Å². The topological polar surface area (TPSA) is 57.2 Å². The number of piperidine rings is 1. The molecule has 0 bridgehead atoms. The van der Waals surface area contributed by atoms with Gasteiger partial charge in [0.2, 0.25) is 0 Å². The molecule has 3 aromatic rings. The van der Waals surface area contributed by atoms with Crippen LogP contribution in [-0.4, -0.2) is 35.7 Å². The van der Waals surface area contributed by atoms with E-state index in [1.807, 2.05) is 53.4 Å². The fourth-order valence-corrected chi connectivity index (χ4v) is 5.65. The summed E-state index contributed by atoms with van der Waals surface area (Å²) in [6.45, 7) is 3.93. The number of amides is 1. The lowest BCUT2D eigenvalue weighted by molar-refractivity contribution is -0.118. The highest BCUT2D eigenvalue weighted by Gasteiger charge is 2.42. The largest absolute Gasteiger partial charge is 0.387 e. The third kappa shape index (κ3) is 4.78. The zero-order valence-corrected chi connectivity index (χ0v) is 21.8. The Morgan fingerprint density at radius 2 is 1.55 bits per heavy atom. The Bertz CT molecular complexity index is 1330. The number of carbonyl (C=O) groups is 1. The minimum Gasteiger partial charge on any atom is -0.387 e. The second-order valence-corrected chi connectivity index (χ2v) is 10.3. The average Bonchev–Trinajstić information content (AvgIpc) is 2.98.